The Bertz CT molecular complexity index is 1040. The Hall–Kier alpha value is -3.16. The van der Waals surface area contributed by atoms with Gasteiger partial charge in [0.15, 0.2) is 5.76 Å². The van der Waals surface area contributed by atoms with Gasteiger partial charge in [-0.15, -0.1) is 0 Å². The van der Waals surface area contributed by atoms with E-state index in [4.69, 9.17) is 4.42 Å². The predicted octanol–water partition coefficient (Wildman–Crippen LogP) is 2.51. The Labute approximate surface area is 168 Å². The second kappa shape index (κ2) is 8.06. The number of carbonyl (C=O) groups excluding carboxylic acids is 1. The van der Waals surface area contributed by atoms with Crippen LogP contribution in [-0.4, -0.2) is 43.2 Å². The minimum absolute atomic E-state index is 0.0954. The Morgan fingerprint density at radius 1 is 1.34 bits per heavy atom. The predicted molar refractivity (Wildman–Crippen MR) is 107 cm³/mol. The highest BCUT2D eigenvalue weighted by atomic mass is 16.3. The first kappa shape index (κ1) is 19.2. The van der Waals surface area contributed by atoms with E-state index in [1.165, 1.54) is 10.7 Å². The van der Waals surface area contributed by atoms with Gasteiger partial charge in [-0.05, 0) is 38.0 Å². The largest absolute Gasteiger partial charge is 0.463 e. The second-order valence-corrected chi connectivity index (χ2v) is 7.59. The molecule has 4 rings (SSSR count). The van der Waals surface area contributed by atoms with Crippen molar-refractivity contribution in [1.82, 2.24) is 24.2 Å². The van der Waals surface area contributed by atoms with Gasteiger partial charge >= 0.3 is 0 Å². The minimum atomic E-state index is -0.166. The average molecular weight is 395 g/mol. The summed E-state index contributed by atoms with van der Waals surface area (Å²) in [7, 11) is 0. The van der Waals surface area contributed by atoms with Crippen LogP contribution in [0.4, 0.5) is 0 Å². The molecule has 0 radical (unpaired) electrons. The molecule has 1 fully saturated rings. The monoisotopic (exact) mass is 395 g/mol. The van der Waals surface area contributed by atoms with Gasteiger partial charge in [0.1, 0.15) is 11.5 Å². The Kier molecular flexibility index (Phi) is 5.33. The Morgan fingerprint density at radius 2 is 2.21 bits per heavy atom. The van der Waals surface area contributed by atoms with Gasteiger partial charge in [0.2, 0.25) is 5.91 Å². The summed E-state index contributed by atoms with van der Waals surface area (Å²) in [6, 6.07) is 6.64. The van der Waals surface area contributed by atoms with E-state index in [-0.39, 0.29) is 23.4 Å². The highest BCUT2D eigenvalue weighted by molar-refractivity contribution is 5.78. The van der Waals surface area contributed by atoms with Crippen LogP contribution in [0, 0.1) is 12.8 Å². The van der Waals surface area contributed by atoms with Gasteiger partial charge in [0.25, 0.3) is 5.56 Å². The smallest absolute Gasteiger partial charge is 0.267 e. The van der Waals surface area contributed by atoms with Crippen molar-refractivity contribution in [2.75, 3.05) is 13.1 Å². The van der Waals surface area contributed by atoms with E-state index in [9.17, 15) is 9.59 Å². The molecule has 0 spiro atoms. The van der Waals surface area contributed by atoms with Crippen molar-refractivity contribution >= 4 is 5.91 Å². The number of likely N-dealkylation sites (tertiary alicyclic amines) is 1. The average Bonchev–Trinajstić information content (AvgIpc) is 3.40. The fraction of sp³-hybridized carbons (Fsp3) is 0.429. The molecule has 0 bridgehead atoms. The van der Waals surface area contributed by atoms with E-state index in [0.717, 1.165) is 18.7 Å². The number of hydrogen-bond donors (Lipinski definition) is 0. The molecule has 0 aromatic carbocycles. The first-order chi connectivity index (χ1) is 14.0. The molecular formula is C21H25N5O3. The summed E-state index contributed by atoms with van der Waals surface area (Å²) in [5.74, 6) is 1.44. The summed E-state index contributed by atoms with van der Waals surface area (Å²) in [6.45, 7) is 5.65. The van der Waals surface area contributed by atoms with Gasteiger partial charge in [-0.3, -0.25) is 9.59 Å². The van der Waals surface area contributed by atoms with Gasteiger partial charge < -0.3 is 13.9 Å². The zero-order valence-corrected chi connectivity index (χ0v) is 16.7. The van der Waals surface area contributed by atoms with Gasteiger partial charge in [0, 0.05) is 38.1 Å². The lowest BCUT2D eigenvalue weighted by Gasteiger charge is -2.34. The van der Waals surface area contributed by atoms with Crippen LogP contribution in [0.1, 0.15) is 31.6 Å². The molecule has 152 valence electrons. The van der Waals surface area contributed by atoms with Crippen molar-refractivity contribution in [2.24, 2.45) is 5.92 Å². The molecule has 3 aromatic rings. The lowest BCUT2D eigenvalue weighted by Crippen LogP contribution is -2.45. The van der Waals surface area contributed by atoms with E-state index in [0.29, 0.717) is 31.1 Å². The van der Waals surface area contributed by atoms with Crippen LogP contribution in [0.15, 0.2) is 52.1 Å². The third-order valence-electron chi connectivity index (χ3n) is 5.47. The molecule has 0 N–H and O–H groups in total. The van der Waals surface area contributed by atoms with Crippen molar-refractivity contribution < 1.29 is 9.21 Å². The van der Waals surface area contributed by atoms with Crippen LogP contribution in [0.25, 0.3) is 11.5 Å². The molecule has 8 heteroatoms. The number of aryl methyl sites for hydroxylation is 1. The number of nitrogens with zero attached hydrogens (tertiary/aromatic N) is 5. The van der Waals surface area contributed by atoms with Crippen LogP contribution in [0.2, 0.25) is 0 Å². The van der Waals surface area contributed by atoms with Crippen molar-refractivity contribution in [2.45, 2.75) is 39.3 Å². The molecule has 2 unspecified atom stereocenters. The molecule has 3 aromatic heterocycles. The zero-order chi connectivity index (χ0) is 20.4. The highest BCUT2D eigenvalue weighted by Gasteiger charge is 2.29. The van der Waals surface area contributed by atoms with Crippen molar-refractivity contribution in [3.8, 4) is 11.5 Å². The number of carbonyl (C=O) groups is 1. The molecule has 1 amide bonds. The molecule has 1 aliphatic heterocycles. The summed E-state index contributed by atoms with van der Waals surface area (Å²) >= 11 is 0. The molecule has 4 heterocycles. The van der Waals surface area contributed by atoms with Crippen LogP contribution in [-0.2, 0) is 11.3 Å². The first-order valence-electron chi connectivity index (χ1n) is 9.93. The fourth-order valence-corrected chi connectivity index (χ4v) is 3.88. The van der Waals surface area contributed by atoms with Crippen molar-refractivity contribution in [3.05, 3.63) is 59.1 Å². The molecule has 2 atom stereocenters. The van der Waals surface area contributed by atoms with E-state index in [1.807, 2.05) is 35.6 Å². The maximum absolute atomic E-state index is 13.0. The van der Waals surface area contributed by atoms with Crippen molar-refractivity contribution in [1.29, 1.82) is 0 Å². The molecule has 29 heavy (non-hydrogen) atoms. The number of amides is 1. The SMILES string of the molecule is Cc1nccn1CC(C)C(=O)N1CCCC(n2nc(-c3ccco3)ccc2=O)C1. The lowest BCUT2D eigenvalue weighted by atomic mass is 10.0. The van der Waals surface area contributed by atoms with Gasteiger partial charge in [-0.2, -0.15) is 5.10 Å². The van der Waals surface area contributed by atoms with Crippen LogP contribution >= 0.6 is 0 Å². The van der Waals surface area contributed by atoms with E-state index >= 15 is 0 Å². The first-order valence-corrected chi connectivity index (χ1v) is 9.93. The molecule has 1 saturated heterocycles. The molecule has 0 aliphatic carbocycles. The standard InChI is InChI=1S/C21H25N5O3/c1-15(13-24-11-9-22-16(24)2)21(28)25-10-3-5-17(14-25)26-20(27)8-7-18(23-26)19-6-4-12-29-19/h4,6-9,11-12,15,17H,3,5,10,13-14H2,1-2H3. The van der Waals surface area contributed by atoms with Crippen LogP contribution < -0.4 is 5.56 Å². The molecule has 8 nitrogen and oxygen atoms in total. The number of hydrogen-bond acceptors (Lipinski definition) is 5. The summed E-state index contributed by atoms with van der Waals surface area (Å²) in [5.41, 5.74) is 0.448. The summed E-state index contributed by atoms with van der Waals surface area (Å²) in [6.07, 6.45) is 6.87. The Morgan fingerprint density at radius 3 is 2.93 bits per heavy atom. The molecule has 1 aliphatic rings. The maximum Gasteiger partial charge on any atom is 0.267 e. The topological polar surface area (TPSA) is 86.2 Å². The van der Waals surface area contributed by atoms with Crippen molar-refractivity contribution in [3.63, 3.8) is 0 Å². The number of imidazole rings is 1. The minimum Gasteiger partial charge on any atom is -0.463 e. The van der Waals surface area contributed by atoms with E-state index in [1.54, 1.807) is 24.6 Å². The van der Waals surface area contributed by atoms with Gasteiger partial charge in [0.05, 0.1) is 18.2 Å². The third kappa shape index (κ3) is 4.01. The van der Waals surface area contributed by atoms with Crippen LogP contribution in [0.3, 0.4) is 0 Å². The second-order valence-electron chi connectivity index (χ2n) is 7.59. The van der Waals surface area contributed by atoms with Gasteiger partial charge in [-0.1, -0.05) is 6.92 Å². The lowest BCUT2D eigenvalue weighted by molar-refractivity contribution is -0.137. The maximum atomic E-state index is 13.0. The van der Waals surface area contributed by atoms with Gasteiger partial charge in [-0.25, -0.2) is 9.67 Å². The number of aromatic nitrogens is 4. The summed E-state index contributed by atoms with van der Waals surface area (Å²) < 4.78 is 8.89. The van der Waals surface area contributed by atoms with E-state index in [2.05, 4.69) is 10.1 Å². The normalized spacial score (nSPS) is 18.0. The number of rotatable bonds is 5. The third-order valence-corrected chi connectivity index (χ3v) is 5.47. The van der Waals surface area contributed by atoms with E-state index < -0.39 is 0 Å². The number of furan rings is 1. The zero-order valence-electron chi connectivity index (χ0n) is 16.7. The number of piperidine rings is 1. The molecule has 0 saturated carbocycles. The molecular weight excluding hydrogens is 370 g/mol. The van der Waals surface area contributed by atoms with Crippen LogP contribution in [0.5, 0.6) is 0 Å². The highest BCUT2D eigenvalue weighted by Crippen LogP contribution is 2.23. The Balaban J connectivity index is 1.50. The summed E-state index contributed by atoms with van der Waals surface area (Å²) in [4.78, 5) is 31.6. The summed E-state index contributed by atoms with van der Waals surface area (Å²) in [5, 5.41) is 4.51. The fourth-order valence-electron chi connectivity index (χ4n) is 3.88. The quantitative estimate of drug-likeness (QED) is 0.663.